The van der Waals surface area contributed by atoms with Gasteiger partial charge in [-0.15, -0.1) is 0 Å². The minimum absolute atomic E-state index is 0.0208. The van der Waals surface area contributed by atoms with Gasteiger partial charge in [0.05, 0.1) is 6.61 Å². The van der Waals surface area contributed by atoms with Gasteiger partial charge in [-0.25, -0.2) is 0 Å². The first-order chi connectivity index (χ1) is 8.15. The largest absolute Gasteiger partial charge is 0.395 e. The second kappa shape index (κ2) is 4.59. The summed E-state index contributed by atoms with van der Waals surface area (Å²) in [5, 5.41) is 9.80. The van der Waals surface area contributed by atoms with E-state index in [1.807, 2.05) is 42.1 Å². The Hall–Kier alpha value is -1.81. The van der Waals surface area contributed by atoms with Gasteiger partial charge in [-0.3, -0.25) is 4.79 Å². The summed E-state index contributed by atoms with van der Waals surface area (Å²) in [5.41, 5.74) is 1.72. The van der Waals surface area contributed by atoms with Crippen molar-refractivity contribution < 1.29 is 9.90 Å². The number of carbonyl (C=O) groups is 1. The maximum atomic E-state index is 12.2. The normalized spacial score (nSPS) is 10.8. The Morgan fingerprint density at radius 1 is 1.41 bits per heavy atom. The summed E-state index contributed by atoms with van der Waals surface area (Å²) >= 11 is 0. The van der Waals surface area contributed by atoms with Crippen LogP contribution in [0.2, 0.25) is 0 Å². The van der Waals surface area contributed by atoms with E-state index in [9.17, 15) is 4.79 Å². The van der Waals surface area contributed by atoms with Crippen molar-refractivity contribution in [2.75, 3.05) is 20.2 Å². The minimum Gasteiger partial charge on any atom is -0.395 e. The Bertz CT molecular complexity index is 545. The predicted octanol–water partition coefficient (Wildman–Crippen LogP) is 1.24. The van der Waals surface area contributed by atoms with Gasteiger partial charge in [-0.1, -0.05) is 6.07 Å². The van der Waals surface area contributed by atoms with Gasteiger partial charge in [0, 0.05) is 43.3 Å². The molecule has 17 heavy (non-hydrogen) atoms. The fraction of sp³-hybridized carbons (Fsp3) is 0.308. The topological polar surface area (TPSA) is 45.5 Å². The minimum atomic E-state index is -0.0594. The summed E-state index contributed by atoms with van der Waals surface area (Å²) in [5.74, 6) is -0.0594. The first kappa shape index (κ1) is 11.7. The van der Waals surface area contributed by atoms with E-state index in [-0.39, 0.29) is 12.5 Å². The first-order valence-electron chi connectivity index (χ1n) is 5.55. The lowest BCUT2D eigenvalue weighted by Crippen LogP contribution is -2.29. The van der Waals surface area contributed by atoms with Gasteiger partial charge in [0.15, 0.2) is 0 Å². The van der Waals surface area contributed by atoms with Crippen LogP contribution in [0.1, 0.15) is 10.4 Å². The fourth-order valence-electron chi connectivity index (χ4n) is 1.95. The zero-order chi connectivity index (χ0) is 12.4. The lowest BCUT2D eigenvalue weighted by molar-refractivity contribution is 0.0769. The van der Waals surface area contributed by atoms with Crippen LogP contribution < -0.4 is 0 Å². The molecule has 2 rings (SSSR count). The number of nitrogens with zero attached hydrogens (tertiary/aromatic N) is 2. The van der Waals surface area contributed by atoms with Gasteiger partial charge in [0.25, 0.3) is 5.91 Å². The third-order valence-corrected chi connectivity index (χ3v) is 2.94. The molecule has 1 heterocycles. The van der Waals surface area contributed by atoms with Crippen LogP contribution in [0.25, 0.3) is 10.9 Å². The average Bonchev–Trinajstić information content (AvgIpc) is 2.71. The predicted molar refractivity (Wildman–Crippen MR) is 67.0 cm³/mol. The number of carbonyl (C=O) groups excluding carboxylic acids is 1. The molecule has 0 saturated heterocycles. The quantitative estimate of drug-likeness (QED) is 0.865. The lowest BCUT2D eigenvalue weighted by Gasteiger charge is -2.16. The number of aliphatic hydroxyl groups excluding tert-OH is 1. The maximum absolute atomic E-state index is 12.2. The number of hydrogen-bond acceptors (Lipinski definition) is 2. The van der Waals surface area contributed by atoms with E-state index in [1.165, 1.54) is 4.90 Å². The SMILES string of the molecule is CN(CCO)C(=O)c1cccc2c1ccn2C. The maximum Gasteiger partial charge on any atom is 0.254 e. The van der Waals surface area contributed by atoms with Crippen LogP contribution in [0, 0.1) is 0 Å². The Balaban J connectivity index is 2.45. The van der Waals surface area contributed by atoms with E-state index in [0.29, 0.717) is 12.1 Å². The van der Waals surface area contributed by atoms with Crippen molar-refractivity contribution in [3.8, 4) is 0 Å². The van der Waals surface area contributed by atoms with Crippen molar-refractivity contribution in [2.24, 2.45) is 7.05 Å². The van der Waals surface area contributed by atoms with Crippen molar-refractivity contribution in [1.29, 1.82) is 0 Å². The van der Waals surface area contributed by atoms with Gasteiger partial charge >= 0.3 is 0 Å². The zero-order valence-corrected chi connectivity index (χ0v) is 10.1. The zero-order valence-electron chi connectivity index (χ0n) is 10.1. The summed E-state index contributed by atoms with van der Waals surface area (Å²) in [6.07, 6.45) is 1.94. The Morgan fingerprint density at radius 3 is 2.88 bits per heavy atom. The van der Waals surface area contributed by atoms with Crippen LogP contribution >= 0.6 is 0 Å². The van der Waals surface area contributed by atoms with Crippen molar-refractivity contribution in [1.82, 2.24) is 9.47 Å². The van der Waals surface area contributed by atoms with Gasteiger partial charge in [-0.05, 0) is 18.2 Å². The van der Waals surface area contributed by atoms with E-state index >= 15 is 0 Å². The van der Waals surface area contributed by atoms with Crippen molar-refractivity contribution in [3.63, 3.8) is 0 Å². The molecule has 0 fully saturated rings. The van der Waals surface area contributed by atoms with Crippen LogP contribution in [-0.2, 0) is 7.05 Å². The highest BCUT2D eigenvalue weighted by Gasteiger charge is 2.14. The molecule has 4 heteroatoms. The van der Waals surface area contributed by atoms with Gasteiger partial charge in [-0.2, -0.15) is 0 Å². The number of aromatic nitrogens is 1. The molecule has 1 aromatic carbocycles. The second-order valence-electron chi connectivity index (χ2n) is 4.12. The van der Waals surface area contributed by atoms with E-state index < -0.39 is 0 Å². The van der Waals surface area contributed by atoms with E-state index in [4.69, 9.17) is 5.11 Å². The van der Waals surface area contributed by atoms with Crippen LogP contribution in [0.3, 0.4) is 0 Å². The molecule has 1 amide bonds. The summed E-state index contributed by atoms with van der Waals surface area (Å²) in [7, 11) is 3.65. The molecule has 0 radical (unpaired) electrons. The van der Waals surface area contributed by atoms with Gasteiger partial charge in [0.1, 0.15) is 0 Å². The van der Waals surface area contributed by atoms with Crippen LogP contribution in [-0.4, -0.2) is 40.7 Å². The number of benzene rings is 1. The molecule has 1 N–H and O–H groups in total. The highest BCUT2D eigenvalue weighted by Crippen LogP contribution is 2.20. The molecule has 4 nitrogen and oxygen atoms in total. The number of aryl methyl sites for hydroxylation is 1. The summed E-state index contributed by atoms with van der Waals surface area (Å²) < 4.78 is 1.98. The number of fused-ring (bicyclic) bond motifs is 1. The van der Waals surface area contributed by atoms with E-state index in [1.54, 1.807) is 7.05 Å². The van der Waals surface area contributed by atoms with E-state index in [0.717, 1.165) is 10.9 Å². The number of aliphatic hydroxyl groups is 1. The van der Waals surface area contributed by atoms with Crippen LogP contribution in [0.5, 0.6) is 0 Å². The smallest absolute Gasteiger partial charge is 0.254 e. The third-order valence-electron chi connectivity index (χ3n) is 2.94. The molecular weight excluding hydrogens is 216 g/mol. The molecule has 0 aliphatic rings. The van der Waals surface area contributed by atoms with Gasteiger partial charge < -0.3 is 14.6 Å². The summed E-state index contributed by atoms with van der Waals surface area (Å²) in [6, 6.07) is 7.62. The van der Waals surface area contributed by atoms with Crippen LogP contribution in [0.15, 0.2) is 30.5 Å². The molecule has 0 saturated carbocycles. The first-order valence-corrected chi connectivity index (χ1v) is 5.55. The summed E-state index contributed by atoms with van der Waals surface area (Å²) in [6.45, 7) is 0.328. The molecular formula is C13H16N2O2. The van der Waals surface area contributed by atoms with Crippen molar-refractivity contribution in [2.45, 2.75) is 0 Å². The molecule has 0 unspecified atom stereocenters. The Kier molecular flexibility index (Phi) is 3.15. The average molecular weight is 232 g/mol. The summed E-state index contributed by atoms with van der Waals surface area (Å²) in [4.78, 5) is 13.7. The number of rotatable bonds is 3. The van der Waals surface area contributed by atoms with Crippen molar-refractivity contribution in [3.05, 3.63) is 36.0 Å². The monoisotopic (exact) mass is 232 g/mol. The van der Waals surface area contributed by atoms with Crippen molar-refractivity contribution >= 4 is 16.8 Å². The number of amides is 1. The Labute approximate surface area is 100 Å². The van der Waals surface area contributed by atoms with Crippen LogP contribution in [0.4, 0.5) is 0 Å². The highest BCUT2D eigenvalue weighted by atomic mass is 16.3. The molecule has 2 aromatic rings. The second-order valence-corrected chi connectivity index (χ2v) is 4.12. The molecule has 0 spiro atoms. The standard InChI is InChI=1S/C13H16N2O2/c1-14-7-6-10-11(4-3-5-12(10)14)13(17)15(2)8-9-16/h3-7,16H,8-9H2,1-2H3. The molecule has 0 aliphatic heterocycles. The number of hydrogen-bond donors (Lipinski definition) is 1. The molecule has 0 bridgehead atoms. The fourth-order valence-corrected chi connectivity index (χ4v) is 1.95. The lowest BCUT2D eigenvalue weighted by atomic mass is 10.1. The third kappa shape index (κ3) is 2.03. The van der Waals surface area contributed by atoms with Gasteiger partial charge in [0.2, 0.25) is 0 Å². The molecule has 0 atom stereocenters. The van der Waals surface area contributed by atoms with E-state index in [2.05, 4.69) is 0 Å². The molecule has 90 valence electrons. The number of likely N-dealkylation sites (N-methyl/N-ethyl adjacent to an activating group) is 1. The highest BCUT2D eigenvalue weighted by molar-refractivity contribution is 6.06. The Morgan fingerprint density at radius 2 is 2.18 bits per heavy atom. The molecule has 1 aromatic heterocycles. The molecule has 0 aliphatic carbocycles.